The average Bonchev–Trinajstić information content (AvgIpc) is 2.48. The fourth-order valence-corrected chi connectivity index (χ4v) is 2.41. The Morgan fingerprint density at radius 1 is 1.05 bits per heavy atom. The SMILES string of the molecule is COc1cc([C@H]2Oc3cccc(O)c3O[C@@H]2C)ccc1O. The molecule has 5 heteroatoms. The maximum Gasteiger partial charge on any atom is 0.203 e. The highest BCUT2D eigenvalue weighted by molar-refractivity contribution is 5.52. The summed E-state index contributed by atoms with van der Waals surface area (Å²) in [5.74, 6) is 1.35. The van der Waals surface area contributed by atoms with Gasteiger partial charge in [0.1, 0.15) is 6.10 Å². The van der Waals surface area contributed by atoms with Crippen molar-refractivity contribution < 1.29 is 24.4 Å². The molecule has 5 nitrogen and oxygen atoms in total. The summed E-state index contributed by atoms with van der Waals surface area (Å²) in [6, 6.07) is 10.0. The molecule has 2 N–H and O–H groups in total. The number of methoxy groups -OCH3 is 1. The number of phenolic OH excluding ortho intramolecular Hbond substituents is 2. The molecule has 2 atom stereocenters. The molecule has 1 aliphatic rings. The van der Waals surface area contributed by atoms with Crippen molar-refractivity contribution in [3.63, 3.8) is 0 Å². The van der Waals surface area contributed by atoms with Gasteiger partial charge in [-0.15, -0.1) is 0 Å². The van der Waals surface area contributed by atoms with Crippen molar-refractivity contribution in [2.24, 2.45) is 0 Å². The molecule has 0 saturated heterocycles. The molecule has 0 unspecified atom stereocenters. The van der Waals surface area contributed by atoms with Crippen LogP contribution in [0, 0.1) is 0 Å². The van der Waals surface area contributed by atoms with Crippen molar-refractivity contribution in [3.8, 4) is 28.7 Å². The van der Waals surface area contributed by atoms with Gasteiger partial charge in [0.25, 0.3) is 0 Å². The molecule has 110 valence electrons. The normalized spacial score (nSPS) is 20.1. The Morgan fingerprint density at radius 3 is 2.62 bits per heavy atom. The molecule has 0 aliphatic carbocycles. The molecule has 0 radical (unpaired) electrons. The summed E-state index contributed by atoms with van der Waals surface area (Å²) in [5, 5.41) is 19.5. The van der Waals surface area contributed by atoms with Crippen molar-refractivity contribution in [1.29, 1.82) is 0 Å². The fraction of sp³-hybridized carbons (Fsp3) is 0.250. The Kier molecular flexibility index (Phi) is 3.25. The molecule has 2 aromatic carbocycles. The number of phenols is 2. The smallest absolute Gasteiger partial charge is 0.203 e. The molecule has 0 aromatic heterocycles. The number of hydrogen-bond donors (Lipinski definition) is 2. The quantitative estimate of drug-likeness (QED) is 0.889. The maximum absolute atomic E-state index is 9.79. The van der Waals surface area contributed by atoms with Crippen molar-refractivity contribution in [1.82, 2.24) is 0 Å². The molecule has 1 heterocycles. The van der Waals surface area contributed by atoms with Crippen molar-refractivity contribution in [3.05, 3.63) is 42.0 Å². The second kappa shape index (κ2) is 5.09. The van der Waals surface area contributed by atoms with Crippen LogP contribution in [0.1, 0.15) is 18.6 Å². The monoisotopic (exact) mass is 288 g/mol. The summed E-state index contributed by atoms with van der Waals surface area (Å²) in [6.45, 7) is 1.86. The minimum Gasteiger partial charge on any atom is -0.504 e. The lowest BCUT2D eigenvalue weighted by Gasteiger charge is -2.32. The van der Waals surface area contributed by atoms with Crippen LogP contribution < -0.4 is 14.2 Å². The van der Waals surface area contributed by atoms with Crippen LogP contribution in [0.2, 0.25) is 0 Å². The lowest BCUT2D eigenvalue weighted by molar-refractivity contribution is 0.0281. The number of benzene rings is 2. The Labute approximate surface area is 122 Å². The first-order valence-corrected chi connectivity index (χ1v) is 6.62. The zero-order chi connectivity index (χ0) is 15.0. The molecule has 1 aliphatic heterocycles. The Bertz CT molecular complexity index is 668. The second-order valence-corrected chi connectivity index (χ2v) is 4.90. The lowest BCUT2D eigenvalue weighted by atomic mass is 10.0. The summed E-state index contributed by atoms with van der Waals surface area (Å²) in [7, 11) is 1.49. The number of aromatic hydroxyl groups is 2. The highest BCUT2D eigenvalue weighted by Gasteiger charge is 2.31. The highest BCUT2D eigenvalue weighted by atomic mass is 16.6. The van der Waals surface area contributed by atoms with Crippen LogP contribution in [0.4, 0.5) is 0 Å². The molecular weight excluding hydrogens is 272 g/mol. The van der Waals surface area contributed by atoms with Gasteiger partial charge in [0, 0.05) is 5.56 Å². The van der Waals surface area contributed by atoms with Gasteiger partial charge in [-0.3, -0.25) is 0 Å². The van der Waals surface area contributed by atoms with Crippen LogP contribution in [0.3, 0.4) is 0 Å². The molecule has 21 heavy (non-hydrogen) atoms. The van der Waals surface area contributed by atoms with Crippen molar-refractivity contribution in [2.45, 2.75) is 19.1 Å². The fourth-order valence-electron chi connectivity index (χ4n) is 2.41. The number of fused-ring (bicyclic) bond motifs is 1. The Balaban J connectivity index is 1.97. The average molecular weight is 288 g/mol. The van der Waals surface area contributed by atoms with Gasteiger partial charge < -0.3 is 24.4 Å². The van der Waals surface area contributed by atoms with E-state index in [9.17, 15) is 10.2 Å². The van der Waals surface area contributed by atoms with Crippen molar-refractivity contribution in [2.75, 3.05) is 7.11 Å². The standard InChI is InChI=1S/C16H16O5/c1-9-15(10-6-7-11(17)14(8-10)19-2)21-13-5-3-4-12(18)16(13)20-9/h3-9,15,17-18H,1-2H3/t9-,15+/m1/s1. The van der Waals surface area contributed by atoms with Gasteiger partial charge in [-0.1, -0.05) is 12.1 Å². The lowest BCUT2D eigenvalue weighted by Crippen LogP contribution is -2.30. The van der Waals surface area contributed by atoms with E-state index < -0.39 is 0 Å². The molecule has 0 spiro atoms. The third-order valence-corrected chi connectivity index (χ3v) is 3.47. The Morgan fingerprint density at radius 2 is 1.86 bits per heavy atom. The molecule has 0 bridgehead atoms. The molecule has 2 aromatic rings. The van der Waals surface area contributed by atoms with Crippen LogP contribution in [-0.4, -0.2) is 23.4 Å². The topological polar surface area (TPSA) is 68.2 Å². The van der Waals surface area contributed by atoms with E-state index in [1.165, 1.54) is 7.11 Å². The van der Waals surface area contributed by atoms with E-state index >= 15 is 0 Å². The van der Waals surface area contributed by atoms with Crippen LogP contribution in [-0.2, 0) is 0 Å². The van der Waals surface area contributed by atoms with Crippen LogP contribution in [0.25, 0.3) is 0 Å². The summed E-state index contributed by atoms with van der Waals surface area (Å²) in [4.78, 5) is 0. The van der Waals surface area contributed by atoms with E-state index in [0.717, 1.165) is 5.56 Å². The van der Waals surface area contributed by atoms with E-state index in [1.807, 2.05) is 6.92 Å². The third-order valence-electron chi connectivity index (χ3n) is 3.47. The number of ether oxygens (including phenoxy) is 3. The summed E-state index contributed by atoms with van der Waals surface area (Å²) in [5.41, 5.74) is 0.825. The van der Waals surface area contributed by atoms with Gasteiger partial charge in [-0.2, -0.15) is 0 Å². The van der Waals surface area contributed by atoms with E-state index in [0.29, 0.717) is 17.2 Å². The molecule has 0 fully saturated rings. The van der Waals surface area contributed by atoms with Crippen molar-refractivity contribution >= 4 is 0 Å². The second-order valence-electron chi connectivity index (χ2n) is 4.90. The summed E-state index contributed by atoms with van der Waals surface area (Å²) in [6.07, 6.45) is -0.645. The van der Waals surface area contributed by atoms with E-state index in [2.05, 4.69) is 0 Å². The largest absolute Gasteiger partial charge is 0.504 e. The Hall–Kier alpha value is -2.56. The minimum absolute atomic E-state index is 0.0566. The first-order chi connectivity index (χ1) is 10.1. The van der Waals surface area contributed by atoms with E-state index in [1.54, 1.807) is 36.4 Å². The molecule has 0 saturated carbocycles. The van der Waals surface area contributed by atoms with E-state index in [-0.39, 0.29) is 23.7 Å². The summed E-state index contributed by atoms with van der Waals surface area (Å²) >= 11 is 0. The van der Waals surface area contributed by atoms with Gasteiger partial charge in [-0.05, 0) is 31.2 Å². The first kappa shape index (κ1) is 13.4. The maximum atomic E-state index is 9.79. The molecule has 0 amide bonds. The number of para-hydroxylation sites is 1. The minimum atomic E-state index is -0.353. The van der Waals surface area contributed by atoms with E-state index in [4.69, 9.17) is 14.2 Å². The number of hydrogen-bond acceptors (Lipinski definition) is 5. The predicted molar refractivity (Wildman–Crippen MR) is 76.2 cm³/mol. The zero-order valence-electron chi connectivity index (χ0n) is 11.7. The zero-order valence-corrected chi connectivity index (χ0v) is 11.7. The van der Waals surface area contributed by atoms with Crippen LogP contribution >= 0.6 is 0 Å². The predicted octanol–water partition coefficient (Wildman–Crippen LogP) is 3.01. The van der Waals surface area contributed by atoms with Gasteiger partial charge in [0.05, 0.1) is 7.11 Å². The van der Waals surface area contributed by atoms with Gasteiger partial charge in [0.2, 0.25) is 5.75 Å². The van der Waals surface area contributed by atoms with Crippen LogP contribution in [0.5, 0.6) is 28.7 Å². The summed E-state index contributed by atoms with van der Waals surface area (Å²) < 4.78 is 16.8. The van der Waals surface area contributed by atoms with Crippen LogP contribution in [0.15, 0.2) is 36.4 Å². The number of rotatable bonds is 2. The third kappa shape index (κ3) is 2.31. The highest BCUT2D eigenvalue weighted by Crippen LogP contribution is 2.45. The van der Waals surface area contributed by atoms with Gasteiger partial charge >= 0.3 is 0 Å². The molecule has 3 rings (SSSR count). The van der Waals surface area contributed by atoms with Gasteiger partial charge in [-0.25, -0.2) is 0 Å². The van der Waals surface area contributed by atoms with Gasteiger partial charge in [0.15, 0.2) is 29.1 Å². The molecular formula is C16H16O5. The first-order valence-electron chi connectivity index (χ1n) is 6.62.